The van der Waals surface area contributed by atoms with Gasteiger partial charge in [0.25, 0.3) is 5.91 Å². The smallest absolute Gasteiger partial charge is 0.416 e. The van der Waals surface area contributed by atoms with E-state index in [1.807, 2.05) is 25.2 Å². The minimum atomic E-state index is -4.46. The predicted octanol–water partition coefficient (Wildman–Crippen LogP) is 3.38. The van der Waals surface area contributed by atoms with Gasteiger partial charge in [0.15, 0.2) is 12.4 Å². The number of alkyl halides is 3. The van der Waals surface area contributed by atoms with Crippen molar-refractivity contribution in [2.45, 2.75) is 12.2 Å². The number of H-pyrrole nitrogens is 1. The number of nitrogens with zero attached hydrogens (tertiary/aromatic N) is 4. The largest absolute Gasteiger partial charge is 0.484 e. The molecular weight excluding hydrogens is 423 g/mol. The fourth-order valence-electron chi connectivity index (χ4n) is 3.58. The Bertz CT molecular complexity index is 1070. The summed E-state index contributed by atoms with van der Waals surface area (Å²) in [6.45, 7) is 1.53. The van der Waals surface area contributed by atoms with E-state index in [0.29, 0.717) is 31.2 Å². The van der Waals surface area contributed by atoms with Gasteiger partial charge in [-0.1, -0.05) is 30.3 Å². The van der Waals surface area contributed by atoms with Gasteiger partial charge in [0.05, 0.1) is 5.56 Å². The van der Waals surface area contributed by atoms with Crippen molar-refractivity contribution in [3.8, 4) is 17.1 Å². The van der Waals surface area contributed by atoms with Gasteiger partial charge in [0, 0.05) is 25.2 Å². The standard InChI is InChI=1S/C22H22F3N5O2/c1-29-10-11-30(19(31)14-32-17-8-3-2-4-9-17)18(13-29)21-26-20(27-28-21)15-6-5-7-16(12-15)22(23,24)25/h2-9,12,18H,10-11,13-14H2,1H3,(H,26,27,28)/t18-/m1/s1. The summed E-state index contributed by atoms with van der Waals surface area (Å²) in [6.07, 6.45) is -4.46. The van der Waals surface area contributed by atoms with Gasteiger partial charge < -0.3 is 14.5 Å². The molecule has 10 heteroatoms. The van der Waals surface area contributed by atoms with Gasteiger partial charge in [-0.25, -0.2) is 4.98 Å². The van der Waals surface area contributed by atoms with Crippen molar-refractivity contribution in [2.75, 3.05) is 33.3 Å². The van der Waals surface area contributed by atoms with Gasteiger partial charge in [-0.3, -0.25) is 9.89 Å². The summed E-state index contributed by atoms with van der Waals surface area (Å²) in [5, 5.41) is 6.91. The Morgan fingerprint density at radius 1 is 1.16 bits per heavy atom. The number of halogens is 3. The van der Waals surface area contributed by atoms with Crippen LogP contribution in [0.15, 0.2) is 54.6 Å². The fourth-order valence-corrected chi connectivity index (χ4v) is 3.58. The number of carbonyl (C=O) groups excluding carboxylic acids is 1. The molecule has 2 heterocycles. The summed E-state index contributed by atoms with van der Waals surface area (Å²) in [6, 6.07) is 13.5. The summed E-state index contributed by atoms with van der Waals surface area (Å²) < 4.78 is 44.7. The lowest BCUT2D eigenvalue weighted by Gasteiger charge is -2.38. The lowest BCUT2D eigenvalue weighted by molar-refractivity contribution is -0.139. The maximum Gasteiger partial charge on any atom is 0.416 e. The van der Waals surface area contributed by atoms with Crippen LogP contribution in [0, 0.1) is 0 Å². The highest BCUT2D eigenvalue weighted by Crippen LogP contribution is 2.32. The van der Waals surface area contributed by atoms with Crippen LogP contribution in [0.1, 0.15) is 17.4 Å². The molecule has 4 rings (SSSR count). The average Bonchev–Trinajstić information content (AvgIpc) is 3.28. The van der Waals surface area contributed by atoms with Crippen molar-refractivity contribution < 1.29 is 22.7 Å². The quantitative estimate of drug-likeness (QED) is 0.652. The molecule has 1 saturated heterocycles. The second kappa shape index (κ2) is 8.99. The summed E-state index contributed by atoms with van der Waals surface area (Å²) in [4.78, 5) is 21.0. The zero-order valence-corrected chi connectivity index (χ0v) is 17.3. The molecular formula is C22H22F3N5O2. The van der Waals surface area contributed by atoms with Crippen molar-refractivity contribution in [2.24, 2.45) is 0 Å². The van der Waals surface area contributed by atoms with Crippen molar-refractivity contribution >= 4 is 5.91 Å². The number of aromatic nitrogens is 3. The van der Waals surface area contributed by atoms with Gasteiger partial charge in [0.2, 0.25) is 0 Å². The lowest BCUT2D eigenvalue weighted by Crippen LogP contribution is -2.50. The highest BCUT2D eigenvalue weighted by Gasteiger charge is 2.34. The van der Waals surface area contributed by atoms with Crippen molar-refractivity contribution in [1.29, 1.82) is 0 Å². The van der Waals surface area contributed by atoms with Crippen LogP contribution in [0.3, 0.4) is 0 Å². The maximum absolute atomic E-state index is 13.0. The number of piperazine rings is 1. The van der Waals surface area contributed by atoms with Crippen molar-refractivity contribution in [3.63, 3.8) is 0 Å². The predicted molar refractivity (Wildman–Crippen MR) is 111 cm³/mol. The molecule has 32 heavy (non-hydrogen) atoms. The Balaban J connectivity index is 1.53. The van der Waals surface area contributed by atoms with E-state index in [9.17, 15) is 18.0 Å². The van der Waals surface area contributed by atoms with Crippen LogP contribution < -0.4 is 4.74 Å². The molecule has 1 aromatic heterocycles. The normalized spacial score (nSPS) is 17.4. The molecule has 0 spiro atoms. The highest BCUT2D eigenvalue weighted by molar-refractivity contribution is 5.78. The number of benzene rings is 2. The number of nitrogens with one attached hydrogen (secondary N) is 1. The minimum Gasteiger partial charge on any atom is -0.484 e. The van der Waals surface area contributed by atoms with Crippen LogP contribution >= 0.6 is 0 Å². The molecule has 0 aliphatic carbocycles. The van der Waals surface area contributed by atoms with E-state index >= 15 is 0 Å². The molecule has 168 valence electrons. The molecule has 0 bridgehead atoms. The molecule has 7 nitrogen and oxygen atoms in total. The van der Waals surface area contributed by atoms with Crippen molar-refractivity contribution in [3.05, 3.63) is 66.0 Å². The number of hydrogen-bond acceptors (Lipinski definition) is 5. The number of aromatic amines is 1. The Hall–Kier alpha value is -3.40. The first-order chi connectivity index (χ1) is 15.3. The summed E-state index contributed by atoms with van der Waals surface area (Å²) >= 11 is 0. The summed E-state index contributed by atoms with van der Waals surface area (Å²) in [5.74, 6) is 0.950. The van der Waals surface area contributed by atoms with E-state index in [-0.39, 0.29) is 23.9 Å². The van der Waals surface area contributed by atoms with Gasteiger partial charge in [0.1, 0.15) is 17.6 Å². The van der Waals surface area contributed by atoms with Crippen LogP contribution in [0.2, 0.25) is 0 Å². The Morgan fingerprint density at radius 2 is 1.94 bits per heavy atom. The zero-order valence-electron chi connectivity index (χ0n) is 17.3. The zero-order chi connectivity index (χ0) is 22.7. The van der Waals surface area contributed by atoms with E-state index in [1.165, 1.54) is 12.1 Å². The number of para-hydroxylation sites is 1. The van der Waals surface area contributed by atoms with Crippen LogP contribution in [-0.2, 0) is 11.0 Å². The van der Waals surface area contributed by atoms with Gasteiger partial charge >= 0.3 is 6.18 Å². The molecule has 1 atom stereocenters. The molecule has 0 unspecified atom stereocenters. The monoisotopic (exact) mass is 445 g/mol. The van der Waals surface area contributed by atoms with Crippen LogP contribution in [0.25, 0.3) is 11.4 Å². The van der Waals surface area contributed by atoms with Gasteiger partial charge in [-0.05, 0) is 31.3 Å². The summed E-state index contributed by atoms with van der Waals surface area (Å²) in [5.41, 5.74) is -0.523. The lowest BCUT2D eigenvalue weighted by atomic mass is 10.1. The number of rotatable bonds is 5. The third-order valence-corrected chi connectivity index (χ3v) is 5.28. The Kier molecular flexibility index (Phi) is 6.13. The molecule has 0 saturated carbocycles. The SMILES string of the molecule is CN1CCN(C(=O)COc2ccccc2)[C@@H](c2nc(-c3cccc(C(F)(F)F)c3)n[nH]2)C1. The van der Waals surface area contributed by atoms with E-state index < -0.39 is 17.8 Å². The second-order valence-corrected chi connectivity index (χ2v) is 7.59. The van der Waals surface area contributed by atoms with Gasteiger partial charge in [-0.2, -0.15) is 18.3 Å². The van der Waals surface area contributed by atoms with Gasteiger partial charge in [-0.15, -0.1) is 0 Å². The molecule has 1 aliphatic heterocycles. The highest BCUT2D eigenvalue weighted by atomic mass is 19.4. The molecule has 1 aliphatic rings. The number of amides is 1. The Labute approximate surface area is 182 Å². The molecule has 2 aromatic carbocycles. The molecule has 1 amide bonds. The average molecular weight is 445 g/mol. The van der Waals surface area contributed by atoms with Crippen molar-refractivity contribution in [1.82, 2.24) is 25.0 Å². The third-order valence-electron chi connectivity index (χ3n) is 5.28. The topological polar surface area (TPSA) is 74.3 Å². The van der Waals surface area contributed by atoms with E-state index in [2.05, 4.69) is 20.1 Å². The second-order valence-electron chi connectivity index (χ2n) is 7.59. The molecule has 1 N–H and O–H groups in total. The summed E-state index contributed by atoms with van der Waals surface area (Å²) in [7, 11) is 1.93. The molecule has 0 radical (unpaired) electrons. The molecule has 3 aromatic rings. The van der Waals surface area contributed by atoms with E-state index in [4.69, 9.17) is 4.74 Å². The first-order valence-electron chi connectivity index (χ1n) is 10.1. The Morgan fingerprint density at radius 3 is 2.69 bits per heavy atom. The maximum atomic E-state index is 13.0. The fraction of sp³-hybridized carbons (Fsp3) is 0.318. The minimum absolute atomic E-state index is 0.126. The molecule has 1 fully saturated rings. The van der Waals surface area contributed by atoms with E-state index in [0.717, 1.165) is 12.1 Å². The van der Waals surface area contributed by atoms with Crippen LogP contribution in [-0.4, -0.2) is 64.2 Å². The number of ether oxygens (including phenoxy) is 1. The van der Waals surface area contributed by atoms with Crippen LogP contribution in [0.4, 0.5) is 13.2 Å². The van der Waals surface area contributed by atoms with E-state index in [1.54, 1.807) is 17.0 Å². The first-order valence-corrected chi connectivity index (χ1v) is 10.1. The number of likely N-dealkylation sites (N-methyl/N-ethyl adjacent to an activating group) is 1. The number of hydrogen-bond donors (Lipinski definition) is 1. The first kappa shape index (κ1) is 21.8. The van der Waals surface area contributed by atoms with Crippen LogP contribution in [0.5, 0.6) is 5.75 Å². The number of carbonyl (C=O) groups is 1. The third kappa shape index (κ3) is 4.91.